The van der Waals surface area contributed by atoms with Gasteiger partial charge in [0.1, 0.15) is 4.90 Å². The zero-order valence-corrected chi connectivity index (χ0v) is 16.5. The van der Waals surface area contributed by atoms with Gasteiger partial charge in [-0.25, -0.2) is 8.42 Å². The number of H-pyrrole nitrogens is 2. The van der Waals surface area contributed by atoms with Gasteiger partial charge in [0.25, 0.3) is 10.0 Å². The molecule has 0 bridgehead atoms. The number of nitrogens with one attached hydrogen (secondary N) is 3. The van der Waals surface area contributed by atoms with Crippen molar-refractivity contribution in [3.05, 3.63) is 80.2 Å². The number of aromatic nitrogens is 2. The van der Waals surface area contributed by atoms with Gasteiger partial charge in [-0.2, -0.15) is 0 Å². The van der Waals surface area contributed by atoms with Crippen molar-refractivity contribution in [2.75, 3.05) is 4.72 Å². The van der Waals surface area contributed by atoms with Crippen LogP contribution in [0.2, 0.25) is 5.02 Å². The highest BCUT2D eigenvalue weighted by atomic mass is 35.5. The molecule has 148 valence electrons. The maximum absolute atomic E-state index is 12.9. The molecule has 0 unspecified atom stereocenters. The Kier molecular flexibility index (Phi) is 4.56. The molecule has 0 fully saturated rings. The van der Waals surface area contributed by atoms with Crippen LogP contribution in [0.3, 0.4) is 0 Å². The number of benzene rings is 2. The molecule has 2 aromatic heterocycles. The Balaban J connectivity index is 1.73. The monoisotopic (exact) mass is 431 g/mol. The highest BCUT2D eigenvalue weighted by molar-refractivity contribution is 7.92. The highest BCUT2D eigenvalue weighted by Gasteiger charge is 2.20. The van der Waals surface area contributed by atoms with E-state index in [1.165, 1.54) is 12.1 Å². The lowest BCUT2D eigenvalue weighted by Gasteiger charge is -2.12. The fourth-order valence-corrected chi connectivity index (χ4v) is 4.61. The van der Waals surface area contributed by atoms with E-state index in [2.05, 4.69) is 14.7 Å². The summed E-state index contributed by atoms with van der Waals surface area (Å²) in [6.45, 7) is 1.85. The average Bonchev–Trinajstić information content (AvgIpc) is 3.16. The van der Waals surface area contributed by atoms with E-state index in [4.69, 9.17) is 16.0 Å². The van der Waals surface area contributed by atoms with Crippen molar-refractivity contribution in [2.24, 2.45) is 0 Å². The number of furan rings is 1. The summed E-state index contributed by atoms with van der Waals surface area (Å²) in [4.78, 5) is 27.4. The fourth-order valence-electron chi connectivity index (χ4n) is 3.00. The molecule has 0 atom stereocenters. The summed E-state index contributed by atoms with van der Waals surface area (Å²) >= 11 is 6.13. The molecule has 0 aliphatic carbocycles. The maximum Gasteiger partial charge on any atom is 0.314 e. The first-order valence-electron chi connectivity index (χ1n) is 8.36. The Hall–Kier alpha value is -3.30. The van der Waals surface area contributed by atoms with Gasteiger partial charge < -0.3 is 14.4 Å². The Labute approximate surface area is 169 Å². The van der Waals surface area contributed by atoms with Crippen LogP contribution in [0.5, 0.6) is 0 Å². The predicted molar refractivity (Wildman–Crippen MR) is 110 cm³/mol. The van der Waals surface area contributed by atoms with Crippen LogP contribution < -0.4 is 15.8 Å². The number of halogens is 1. The van der Waals surface area contributed by atoms with Crippen LogP contribution in [-0.2, 0) is 10.0 Å². The minimum absolute atomic E-state index is 0.0977. The van der Waals surface area contributed by atoms with Gasteiger partial charge in [0.15, 0.2) is 0 Å². The fraction of sp³-hybridized carbons (Fsp3) is 0.0526. The summed E-state index contributed by atoms with van der Waals surface area (Å²) in [6, 6.07) is 9.38. The van der Waals surface area contributed by atoms with Crippen LogP contribution in [0.1, 0.15) is 5.56 Å². The molecule has 0 saturated carbocycles. The van der Waals surface area contributed by atoms with Crippen molar-refractivity contribution in [2.45, 2.75) is 11.8 Å². The van der Waals surface area contributed by atoms with Gasteiger partial charge in [0, 0.05) is 11.3 Å². The molecule has 3 N–H and O–H groups in total. The molecule has 0 aliphatic rings. The molecule has 8 nitrogen and oxygen atoms in total. The second-order valence-corrected chi connectivity index (χ2v) is 8.44. The number of hydrogen-bond donors (Lipinski definition) is 3. The lowest BCUT2D eigenvalue weighted by molar-refractivity contribution is 0.568. The first-order valence-corrected chi connectivity index (χ1v) is 10.2. The SMILES string of the molecule is Cc1cc(NS(=O)(=O)c2cc3[nH]c(=O)c(=O)[nH]c3cc2Cl)ccc1-c1ccoc1. The molecular formula is C19H14ClN3O5S. The van der Waals surface area contributed by atoms with E-state index in [1.807, 2.05) is 13.0 Å². The van der Waals surface area contributed by atoms with Gasteiger partial charge in [-0.15, -0.1) is 0 Å². The minimum Gasteiger partial charge on any atom is -0.472 e. The standard InChI is InChI=1S/C19H14ClN3O5S/c1-10-6-12(2-3-13(10)11-4-5-28-9-11)23-29(26,27)17-8-16-15(7-14(17)20)21-18(24)19(25)22-16/h2-9,23H,1H3,(H,21,24)(H,22,25). The first-order chi connectivity index (χ1) is 13.7. The number of anilines is 1. The lowest BCUT2D eigenvalue weighted by atomic mass is 10.0. The number of sulfonamides is 1. The van der Waals surface area contributed by atoms with Crippen LogP contribution in [-0.4, -0.2) is 18.4 Å². The van der Waals surface area contributed by atoms with Crippen molar-refractivity contribution < 1.29 is 12.8 Å². The number of aryl methyl sites for hydroxylation is 1. The minimum atomic E-state index is -4.06. The molecule has 0 saturated heterocycles. The maximum atomic E-state index is 12.9. The van der Waals surface area contributed by atoms with Gasteiger partial charge in [-0.1, -0.05) is 17.7 Å². The molecule has 4 aromatic rings. The Morgan fingerprint density at radius 3 is 2.31 bits per heavy atom. The number of fused-ring (bicyclic) bond motifs is 1. The second-order valence-electron chi connectivity index (χ2n) is 6.38. The molecule has 0 radical (unpaired) electrons. The topological polar surface area (TPSA) is 125 Å². The van der Waals surface area contributed by atoms with Crippen LogP contribution in [0.4, 0.5) is 5.69 Å². The number of aromatic amines is 2. The van der Waals surface area contributed by atoms with Crippen molar-refractivity contribution in [1.29, 1.82) is 0 Å². The molecule has 0 amide bonds. The molecule has 2 heterocycles. The number of rotatable bonds is 4. The van der Waals surface area contributed by atoms with Crippen molar-refractivity contribution >= 4 is 38.3 Å². The van der Waals surface area contributed by atoms with Crippen LogP contribution in [0, 0.1) is 6.92 Å². The quantitative estimate of drug-likeness (QED) is 0.428. The van der Waals surface area contributed by atoms with Crippen molar-refractivity contribution in [3.63, 3.8) is 0 Å². The largest absolute Gasteiger partial charge is 0.472 e. The van der Waals surface area contributed by atoms with Gasteiger partial charge in [-0.3, -0.25) is 14.3 Å². The Morgan fingerprint density at radius 2 is 1.69 bits per heavy atom. The molecule has 0 aliphatic heterocycles. The summed E-state index contributed by atoms with van der Waals surface area (Å²) in [6.07, 6.45) is 3.16. The van der Waals surface area contributed by atoms with Crippen LogP contribution in [0.25, 0.3) is 22.2 Å². The summed E-state index contributed by atoms with van der Waals surface area (Å²) in [7, 11) is -4.06. The van der Waals surface area contributed by atoms with Gasteiger partial charge in [-0.05, 0) is 48.4 Å². The van der Waals surface area contributed by atoms with Gasteiger partial charge in [0.05, 0.1) is 28.6 Å². The van der Waals surface area contributed by atoms with E-state index in [1.54, 1.807) is 30.7 Å². The van der Waals surface area contributed by atoms with Gasteiger partial charge in [0.2, 0.25) is 0 Å². The average molecular weight is 432 g/mol. The smallest absolute Gasteiger partial charge is 0.314 e. The molecular weight excluding hydrogens is 418 g/mol. The third-order valence-corrected chi connectivity index (χ3v) is 6.22. The second kappa shape index (κ2) is 6.94. The third-order valence-electron chi connectivity index (χ3n) is 4.37. The predicted octanol–water partition coefficient (Wildman–Crippen LogP) is 3.24. The molecule has 0 spiro atoms. The van der Waals surface area contributed by atoms with E-state index >= 15 is 0 Å². The Morgan fingerprint density at radius 1 is 1.00 bits per heavy atom. The van der Waals surface area contributed by atoms with Crippen molar-refractivity contribution in [3.8, 4) is 11.1 Å². The zero-order chi connectivity index (χ0) is 20.8. The first kappa shape index (κ1) is 19.0. The Bertz CT molecular complexity index is 1450. The van der Waals surface area contributed by atoms with E-state index < -0.39 is 21.1 Å². The summed E-state index contributed by atoms with van der Waals surface area (Å²) < 4.78 is 33.3. The van der Waals surface area contributed by atoms with Crippen LogP contribution in [0.15, 0.2) is 67.8 Å². The molecule has 2 aromatic carbocycles. The summed E-state index contributed by atoms with van der Waals surface area (Å²) in [5.74, 6) is 0. The number of hydrogen-bond acceptors (Lipinski definition) is 5. The van der Waals surface area contributed by atoms with Crippen molar-refractivity contribution in [1.82, 2.24) is 9.97 Å². The van der Waals surface area contributed by atoms with E-state index in [9.17, 15) is 18.0 Å². The van der Waals surface area contributed by atoms with E-state index in [0.717, 1.165) is 16.7 Å². The van der Waals surface area contributed by atoms with E-state index in [-0.39, 0.29) is 21.0 Å². The molecule has 29 heavy (non-hydrogen) atoms. The highest BCUT2D eigenvalue weighted by Crippen LogP contribution is 2.30. The normalized spacial score (nSPS) is 11.7. The van der Waals surface area contributed by atoms with E-state index in [0.29, 0.717) is 5.69 Å². The summed E-state index contributed by atoms with van der Waals surface area (Å²) in [5.41, 5.74) is 1.61. The molecule has 10 heteroatoms. The zero-order valence-electron chi connectivity index (χ0n) is 14.9. The summed E-state index contributed by atoms with van der Waals surface area (Å²) in [5, 5.41) is -0.0977. The van der Waals surface area contributed by atoms with Crippen LogP contribution >= 0.6 is 11.6 Å². The molecule has 4 rings (SSSR count). The van der Waals surface area contributed by atoms with Gasteiger partial charge >= 0.3 is 11.1 Å². The third kappa shape index (κ3) is 3.57. The lowest BCUT2D eigenvalue weighted by Crippen LogP contribution is -2.29.